The van der Waals surface area contributed by atoms with Crippen molar-refractivity contribution in [1.82, 2.24) is 0 Å². The fraction of sp³-hybridized carbons (Fsp3) is 0.643. The summed E-state index contributed by atoms with van der Waals surface area (Å²) < 4.78 is 6.69. The van der Waals surface area contributed by atoms with Crippen molar-refractivity contribution in [3.05, 3.63) is 20.8 Å². The number of halogens is 1. The molecule has 1 aliphatic carbocycles. The Morgan fingerprint density at radius 3 is 2.67 bits per heavy atom. The second-order valence-electron chi connectivity index (χ2n) is 5.19. The van der Waals surface area contributed by atoms with Gasteiger partial charge in [0.25, 0.3) is 0 Å². The maximum Gasteiger partial charge on any atom is 0.169 e. The third-order valence-electron chi connectivity index (χ3n) is 3.94. The average Bonchev–Trinajstić information content (AvgIpc) is 2.76. The Balaban J connectivity index is 2.06. The standard InChI is InChI=1S/C14H19BrO2S/c1-10-5-7-14(17-2,8-6-10)12(16)9-11-3-4-13(15)18-11/h3-4,10H,5-9H2,1-2H3. The Bertz CT molecular complexity index is 419. The first-order valence-electron chi connectivity index (χ1n) is 6.38. The van der Waals surface area contributed by atoms with Crippen LogP contribution < -0.4 is 0 Å². The average molecular weight is 331 g/mol. The molecule has 0 N–H and O–H groups in total. The lowest BCUT2D eigenvalue weighted by atomic mass is 9.76. The molecule has 100 valence electrons. The lowest BCUT2D eigenvalue weighted by Gasteiger charge is -2.36. The zero-order chi connectivity index (χ0) is 13.2. The van der Waals surface area contributed by atoms with Crippen LogP contribution in [0.5, 0.6) is 0 Å². The molecule has 1 aromatic rings. The molecule has 1 heterocycles. The second-order valence-corrected chi connectivity index (χ2v) is 7.73. The Labute approximate surface area is 121 Å². The van der Waals surface area contributed by atoms with Crippen molar-refractivity contribution < 1.29 is 9.53 Å². The topological polar surface area (TPSA) is 26.3 Å². The molecule has 1 aromatic heterocycles. The number of hydrogen-bond donors (Lipinski definition) is 0. The number of carbonyl (C=O) groups is 1. The van der Waals surface area contributed by atoms with Crippen LogP contribution in [0.4, 0.5) is 0 Å². The molecule has 1 aliphatic rings. The van der Waals surface area contributed by atoms with Crippen LogP contribution in [0.25, 0.3) is 0 Å². The minimum atomic E-state index is -0.525. The van der Waals surface area contributed by atoms with E-state index in [-0.39, 0.29) is 5.78 Å². The van der Waals surface area contributed by atoms with E-state index < -0.39 is 5.60 Å². The highest BCUT2D eigenvalue weighted by Crippen LogP contribution is 2.36. The van der Waals surface area contributed by atoms with Crippen LogP contribution in [0.1, 0.15) is 37.5 Å². The van der Waals surface area contributed by atoms with Gasteiger partial charge in [-0.3, -0.25) is 4.79 Å². The van der Waals surface area contributed by atoms with Gasteiger partial charge in [0.05, 0.1) is 3.79 Å². The van der Waals surface area contributed by atoms with E-state index in [1.807, 2.05) is 12.1 Å². The fourth-order valence-electron chi connectivity index (χ4n) is 2.59. The largest absolute Gasteiger partial charge is 0.370 e. The van der Waals surface area contributed by atoms with E-state index >= 15 is 0 Å². The molecule has 1 fully saturated rings. The van der Waals surface area contributed by atoms with Crippen LogP contribution in [0, 0.1) is 5.92 Å². The van der Waals surface area contributed by atoms with Gasteiger partial charge in [0, 0.05) is 18.4 Å². The quantitative estimate of drug-likeness (QED) is 0.826. The number of methoxy groups -OCH3 is 1. The maximum absolute atomic E-state index is 12.5. The molecule has 0 radical (unpaired) electrons. The number of ketones is 1. The molecule has 0 saturated heterocycles. The monoisotopic (exact) mass is 330 g/mol. The van der Waals surface area contributed by atoms with Gasteiger partial charge in [-0.15, -0.1) is 11.3 Å². The van der Waals surface area contributed by atoms with Crippen LogP contribution in [0.2, 0.25) is 0 Å². The first-order chi connectivity index (χ1) is 8.55. The number of rotatable bonds is 4. The minimum Gasteiger partial charge on any atom is -0.370 e. The third-order valence-corrected chi connectivity index (χ3v) is 5.57. The van der Waals surface area contributed by atoms with E-state index in [0.717, 1.165) is 40.3 Å². The second kappa shape index (κ2) is 5.85. The lowest BCUT2D eigenvalue weighted by Crippen LogP contribution is -2.44. The predicted octanol–water partition coefficient (Wildman–Crippen LogP) is 4.22. The van der Waals surface area contributed by atoms with E-state index in [0.29, 0.717) is 6.42 Å². The fourth-order valence-corrected chi connectivity index (χ4v) is 4.07. The van der Waals surface area contributed by atoms with Gasteiger partial charge in [-0.05, 0) is 59.7 Å². The summed E-state index contributed by atoms with van der Waals surface area (Å²) in [7, 11) is 1.68. The summed E-state index contributed by atoms with van der Waals surface area (Å²) in [6.45, 7) is 2.25. The van der Waals surface area contributed by atoms with Crippen molar-refractivity contribution in [2.24, 2.45) is 5.92 Å². The summed E-state index contributed by atoms with van der Waals surface area (Å²) in [6, 6.07) is 4.01. The molecule has 18 heavy (non-hydrogen) atoms. The van der Waals surface area contributed by atoms with Crippen LogP contribution in [-0.4, -0.2) is 18.5 Å². The normalized spacial score (nSPS) is 28.3. The highest BCUT2D eigenvalue weighted by atomic mass is 79.9. The summed E-state index contributed by atoms with van der Waals surface area (Å²) in [4.78, 5) is 13.6. The molecule has 0 atom stereocenters. The Hall–Kier alpha value is -0.190. The first kappa shape index (κ1) is 14.2. The maximum atomic E-state index is 12.5. The van der Waals surface area contributed by atoms with Crippen LogP contribution in [0.15, 0.2) is 15.9 Å². The highest BCUT2D eigenvalue weighted by molar-refractivity contribution is 9.11. The molecule has 0 unspecified atom stereocenters. The number of hydrogen-bond acceptors (Lipinski definition) is 3. The Morgan fingerprint density at radius 1 is 1.50 bits per heavy atom. The molecule has 1 saturated carbocycles. The zero-order valence-electron chi connectivity index (χ0n) is 10.9. The van der Waals surface area contributed by atoms with Gasteiger partial charge in [-0.25, -0.2) is 0 Å². The van der Waals surface area contributed by atoms with Crippen LogP contribution >= 0.6 is 27.3 Å². The number of thiophene rings is 1. The molecule has 2 nitrogen and oxygen atoms in total. The van der Waals surface area contributed by atoms with Gasteiger partial charge in [0.1, 0.15) is 5.60 Å². The van der Waals surface area contributed by atoms with Crippen molar-refractivity contribution in [1.29, 1.82) is 0 Å². The molecular weight excluding hydrogens is 312 g/mol. The molecule has 2 rings (SSSR count). The van der Waals surface area contributed by atoms with Gasteiger partial charge in [-0.2, -0.15) is 0 Å². The van der Waals surface area contributed by atoms with E-state index in [9.17, 15) is 4.79 Å². The SMILES string of the molecule is COC1(C(=O)Cc2ccc(Br)s2)CCC(C)CC1. The summed E-state index contributed by atoms with van der Waals surface area (Å²) in [5.74, 6) is 0.961. The molecule has 0 aliphatic heterocycles. The number of carbonyl (C=O) groups excluding carboxylic acids is 1. The molecule has 0 spiro atoms. The summed E-state index contributed by atoms with van der Waals surface area (Å²) in [6.07, 6.45) is 4.42. The first-order valence-corrected chi connectivity index (χ1v) is 7.99. The van der Waals surface area contributed by atoms with Gasteiger partial charge >= 0.3 is 0 Å². The number of ether oxygens (including phenoxy) is 1. The van der Waals surface area contributed by atoms with Crippen molar-refractivity contribution in [3.8, 4) is 0 Å². The smallest absolute Gasteiger partial charge is 0.169 e. The third kappa shape index (κ3) is 3.03. The molecule has 0 amide bonds. The van der Waals surface area contributed by atoms with Crippen LogP contribution in [0.3, 0.4) is 0 Å². The Kier molecular flexibility index (Phi) is 4.62. The van der Waals surface area contributed by atoms with Gasteiger partial charge in [0.15, 0.2) is 5.78 Å². The summed E-state index contributed by atoms with van der Waals surface area (Å²) >= 11 is 5.06. The van der Waals surface area contributed by atoms with Crippen molar-refractivity contribution in [2.45, 2.75) is 44.6 Å². The van der Waals surface area contributed by atoms with E-state index in [1.54, 1.807) is 18.4 Å². The van der Waals surface area contributed by atoms with E-state index in [1.165, 1.54) is 0 Å². The minimum absolute atomic E-state index is 0.242. The van der Waals surface area contributed by atoms with Gasteiger partial charge in [0.2, 0.25) is 0 Å². The Morgan fingerprint density at radius 2 is 2.17 bits per heavy atom. The van der Waals surface area contributed by atoms with Gasteiger partial charge in [-0.1, -0.05) is 6.92 Å². The number of Topliss-reactive ketones (excluding diaryl/α,β-unsaturated/α-hetero) is 1. The van der Waals surface area contributed by atoms with Crippen molar-refractivity contribution in [3.63, 3.8) is 0 Å². The molecule has 0 bridgehead atoms. The van der Waals surface area contributed by atoms with E-state index in [4.69, 9.17) is 4.74 Å². The zero-order valence-corrected chi connectivity index (χ0v) is 13.3. The highest BCUT2D eigenvalue weighted by Gasteiger charge is 2.40. The molecule has 0 aromatic carbocycles. The van der Waals surface area contributed by atoms with Crippen LogP contribution in [-0.2, 0) is 16.0 Å². The lowest BCUT2D eigenvalue weighted by molar-refractivity contribution is -0.145. The van der Waals surface area contributed by atoms with Crippen molar-refractivity contribution >= 4 is 33.0 Å². The summed E-state index contributed by atoms with van der Waals surface area (Å²) in [5.41, 5.74) is -0.525. The molecule has 4 heteroatoms. The van der Waals surface area contributed by atoms with Gasteiger partial charge < -0.3 is 4.74 Å². The van der Waals surface area contributed by atoms with E-state index in [2.05, 4.69) is 22.9 Å². The summed E-state index contributed by atoms with van der Waals surface area (Å²) in [5, 5.41) is 0. The predicted molar refractivity (Wildman–Crippen MR) is 78.1 cm³/mol. The van der Waals surface area contributed by atoms with Crippen molar-refractivity contribution in [2.75, 3.05) is 7.11 Å². The molecular formula is C14H19BrO2S.